The molecule has 0 aliphatic carbocycles. The molecule has 2 rings (SSSR count). The number of carbonyl (C=O) groups is 1. The van der Waals surface area contributed by atoms with Gasteiger partial charge in [-0.1, -0.05) is 15.9 Å². The van der Waals surface area contributed by atoms with Crippen molar-refractivity contribution >= 4 is 22.0 Å². The van der Waals surface area contributed by atoms with Crippen LogP contribution in [0.2, 0.25) is 0 Å². The first-order valence-electron chi connectivity index (χ1n) is 7.10. The molecule has 0 bridgehead atoms. The third kappa shape index (κ3) is 4.67. The number of benzene rings is 1. The number of hydrogen-bond acceptors (Lipinski definition) is 3. The number of ether oxygens (including phenoxy) is 2. The maximum atomic E-state index is 14.0. The zero-order valence-corrected chi connectivity index (χ0v) is 14.6. The lowest BCUT2D eigenvalue weighted by Gasteiger charge is -2.24. The van der Waals surface area contributed by atoms with Gasteiger partial charge in [0.15, 0.2) is 0 Å². The molecule has 1 aromatic rings. The zero-order valence-electron chi connectivity index (χ0n) is 13.0. The Morgan fingerprint density at radius 1 is 1.43 bits per heavy atom. The van der Waals surface area contributed by atoms with Crippen molar-refractivity contribution in [3.05, 3.63) is 46.1 Å². The minimum Gasteiger partial charge on any atom is -0.487 e. The summed E-state index contributed by atoms with van der Waals surface area (Å²) in [7, 11) is 0. The predicted molar refractivity (Wildman–Crippen MR) is 85.0 cm³/mol. The molecule has 1 heterocycles. The Balaban J connectivity index is 2.22. The molecule has 1 aromatic carbocycles. The number of halogens is 3. The number of rotatable bonds is 2. The summed E-state index contributed by atoms with van der Waals surface area (Å²) in [4.78, 5) is 13.5. The van der Waals surface area contributed by atoms with Crippen LogP contribution >= 0.6 is 15.9 Å². The molecular weight excluding hydrogens is 372 g/mol. The summed E-state index contributed by atoms with van der Waals surface area (Å²) in [6, 6.07) is 2.57. The largest absolute Gasteiger partial charge is 0.487 e. The highest BCUT2D eigenvalue weighted by molar-refractivity contribution is 9.11. The Labute approximate surface area is 142 Å². The first-order valence-corrected chi connectivity index (χ1v) is 8.01. The summed E-state index contributed by atoms with van der Waals surface area (Å²) in [6.07, 6.45) is -1.13. The van der Waals surface area contributed by atoms with E-state index in [1.54, 1.807) is 25.8 Å². The fraction of sp³-hybridized carbons (Fsp3) is 0.438. The van der Waals surface area contributed by atoms with E-state index in [1.807, 2.05) is 0 Å². The molecule has 0 saturated carbocycles. The average molecular weight is 390 g/mol. The Kier molecular flexibility index (Phi) is 5.29. The smallest absolute Gasteiger partial charge is 0.408 e. The van der Waals surface area contributed by atoms with Crippen molar-refractivity contribution in [2.24, 2.45) is 0 Å². The lowest BCUT2D eigenvalue weighted by atomic mass is 10.0. The number of nitrogens with one attached hydrogen (secondary N) is 1. The van der Waals surface area contributed by atoms with Crippen LogP contribution in [0.1, 0.15) is 38.9 Å². The van der Waals surface area contributed by atoms with E-state index in [0.717, 1.165) is 18.2 Å². The van der Waals surface area contributed by atoms with Crippen LogP contribution in [0.15, 0.2) is 28.9 Å². The SMILES string of the molecule is CC(C)(C)OC(=O)N[C@H]1C/C(=C\Br)O[C@@H]1c1cc(F)ccc1F. The van der Waals surface area contributed by atoms with Gasteiger partial charge in [-0.2, -0.15) is 0 Å². The highest BCUT2D eigenvalue weighted by Crippen LogP contribution is 2.37. The van der Waals surface area contributed by atoms with Gasteiger partial charge in [0.05, 0.1) is 6.04 Å². The second-order valence-corrected chi connectivity index (χ2v) is 6.69. The molecule has 1 aliphatic heterocycles. The van der Waals surface area contributed by atoms with Gasteiger partial charge in [-0.05, 0) is 39.0 Å². The number of hydrogen-bond donors (Lipinski definition) is 1. The molecule has 4 nitrogen and oxygen atoms in total. The molecular formula is C16H18BrF2NO3. The van der Waals surface area contributed by atoms with E-state index in [-0.39, 0.29) is 5.56 Å². The minimum atomic E-state index is -0.831. The first-order chi connectivity index (χ1) is 10.7. The third-order valence-electron chi connectivity index (χ3n) is 3.15. The number of amides is 1. The zero-order chi connectivity index (χ0) is 17.2. The van der Waals surface area contributed by atoms with Crippen molar-refractivity contribution in [2.75, 3.05) is 0 Å². The van der Waals surface area contributed by atoms with Gasteiger partial charge in [0.1, 0.15) is 29.1 Å². The summed E-state index contributed by atoms with van der Waals surface area (Å²) < 4.78 is 38.3. The van der Waals surface area contributed by atoms with Crippen LogP contribution in [0.4, 0.5) is 13.6 Å². The summed E-state index contributed by atoms with van der Waals surface area (Å²) in [5.41, 5.74) is -0.604. The van der Waals surface area contributed by atoms with Crippen LogP contribution in [0, 0.1) is 11.6 Å². The van der Waals surface area contributed by atoms with Gasteiger partial charge in [0.2, 0.25) is 0 Å². The van der Waals surface area contributed by atoms with Crippen LogP contribution in [-0.2, 0) is 9.47 Å². The second-order valence-electron chi connectivity index (χ2n) is 6.24. The van der Waals surface area contributed by atoms with Gasteiger partial charge >= 0.3 is 6.09 Å². The van der Waals surface area contributed by atoms with Gasteiger partial charge in [0, 0.05) is 17.0 Å². The number of carbonyl (C=O) groups excluding carboxylic acids is 1. The lowest BCUT2D eigenvalue weighted by Crippen LogP contribution is -2.40. The molecule has 1 aliphatic rings. The molecule has 0 unspecified atom stereocenters. The quantitative estimate of drug-likeness (QED) is 0.806. The summed E-state index contributed by atoms with van der Waals surface area (Å²) in [6.45, 7) is 5.22. The molecule has 23 heavy (non-hydrogen) atoms. The lowest BCUT2D eigenvalue weighted by molar-refractivity contribution is 0.0462. The molecule has 1 fully saturated rings. The van der Waals surface area contributed by atoms with E-state index in [0.29, 0.717) is 12.2 Å². The second kappa shape index (κ2) is 6.86. The predicted octanol–water partition coefficient (Wildman–Crippen LogP) is 4.56. The van der Waals surface area contributed by atoms with E-state index in [2.05, 4.69) is 21.2 Å². The molecule has 2 atom stereocenters. The van der Waals surface area contributed by atoms with Crippen molar-refractivity contribution in [1.29, 1.82) is 0 Å². The molecule has 0 aromatic heterocycles. The van der Waals surface area contributed by atoms with Gasteiger partial charge in [-0.15, -0.1) is 0 Å². The molecule has 126 valence electrons. The van der Waals surface area contributed by atoms with Crippen molar-refractivity contribution in [3.63, 3.8) is 0 Å². The van der Waals surface area contributed by atoms with Crippen LogP contribution in [0.3, 0.4) is 0 Å². The van der Waals surface area contributed by atoms with Crippen LogP contribution in [0.25, 0.3) is 0 Å². The van der Waals surface area contributed by atoms with E-state index in [4.69, 9.17) is 9.47 Å². The fourth-order valence-corrected chi connectivity index (χ4v) is 2.58. The van der Waals surface area contributed by atoms with Crippen LogP contribution in [-0.4, -0.2) is 17.7 Å². The summed E-state index contributed by atoms with van der Waals surface area (Å²) in [5.74, 6) is -0.639. The third-order valence-corrected chi connectivity index (χ3v) is 3.66. The highest BCUT2D eigenvalue weighted by atomic mass is 79.9. The van der Waals surface area contributed by atoms with Crippen molar-refractivity contribution < 1.29 is 23.0 Å². The molecule has 0 spiro atoms. The highest BCUT2D eigenvalue weighted by Gasteiger charge is 2.37. The maximum absolute atomic E-state index is 14.0. The van der Waals surface area contributed by atoms with Crippen LogP contribution < -0.4 is 5.32 Å². The maximum Gasteiger partial charge on any atom is 0.408 e. The van der Waals surface area contributed by atoms with Gasteiger partial charge in [-0.25, -0.2) is 13.6 Å². The minimum absolute atomic E-state index is 0.0513. The first kappa shape index (κ1) is 17.7. The van der Waals surface area contributed by atoms with Crippen molar-refractivity contribution in [3.8, 4) is 0 Å². The number of alkyl carbamates (subject to hydrolysis) is 1. The molecule has 0 radical (unpaired) electrons. The van der Waals surface area contributed by atoms with E-state index in [1.165, 1.54) is 0 Å². The Morgan fingerprint density at radius 2 is 2.13 bits per heavy atom. The van der Waals surface area contributed by atoms with Crippen LogP contribution in [0.5, 0.6) is 0 Å². The van der Waals surface area contributed by atoms with Gasteiger partial charge in [0.25, 0.3) is 0 Å². The normalized spacial score (nSPS) is 22.8. The molecule has 1 amide bonds. The summed E-state index contributed by atoms with van der Waals surface area (Å²) >= 11 is 3.15. The topological polar surface area (TPSA) is 47.6 Å². The van der Waals surface area contributed by atoms with Gasteiger partial charge in [-0.3, -0.25) is 0 Å². The molecule has 1 N–H and O–H groups in total. The van der Waals surface area contributed by atoms with E-state index in [9.17, 15) is 13.6 Å². The Morgan fingerprint density at radius 3 is 2.74 bits per heavy atom. The van der Waals surface area contributed by atoms with Crippen molar-refractivity contribution in [2.45, 2.75) is 44.9 Å². The van der Waals surface area contributed by atoms with E-state index < -0.39 is 35.5 Å². The van der Waals surface area contributed by atoms with Crippen molar-refractivity contribution in [1.82, 2.24) is 5.32 Å². The fourth-order valence-electron chi connectivity index (χ4n) is 2.29. The average Bonchev–Trinajstić information content (AvgIpc) is 2.82. The summed E-state index contributed by atoms with van der Waals surface area (Å²) in [5, 5.41) is 2.66. The Hall–Kier alpha value is -1.63. The van der Waals surface area contributed by atoms with Gasteiger partial charge < -0.3 is 14.8 Å². The molecule has 7 heteroatoms. The Bertz CT molecular complexity index is 628. The monoisotopic (exact) mass is 389 g/mol. The molecule has 1 saturated heterocycles. The standard InChI is InChI=1S/C16H18BrF2NO3/c1-16(2,3)23-15(21)20-13-7-10(8-17)22-14(13)11-6-9(18)4-5-12(11)19/h4-6,8,13-14H,7H2,1-3H3,(H,20,21)/b10-8+/t13-,14+/m0/s1. The van der Waals surface area contributed by atoms with E-state index >= 15 is 0 Å².